The Balaban J connectivity index is 1.63. The Morgan fingerprint density at radius 3 is 2.52 bits per heavy atom. The molecule has 166 valence electrons. The molecule has 0 aromatic carbocycles. The summed E-state index contributed by atoms with van der Waals surface area (Å²) in [4.78, 5) is 15.9. The molecule has 33 heavy (non-hydrogen) atoms. The first-order valence-electron chi connectivity index (χ1n) is 11.0. The third kappa shape index (κ3) is 3.89. The van der Waals surface area contributed by atoms with Crippen LogP contribution in [0.15, 0.2) is 73.3 Å². The molecule has 7 heteroatoms. The van der Waals surface area contributed by atoms with E-state index in [1.54, 1.807) is 6.20 Å². The van der Waals surface area contributed by atoms with E-state index < -0.39 is 0 Å². The predicted molar refractivity (Wildman–Crippen MR) is 133 cm³/mol. The smallest absolute Gasteiger partial charge is 0.170 e. The van der Waals surface area contributed by atoms with Gasteiger partial charge in [-0.25, -0.2) is 4.98 Å². The van der Waals surface area contributed by atoms with E-state index in [-0.39, 0.29) is 12.1 Å². The molecular weight excluding hydrogens is 428 g/mol. The van der Waals surface area contributed by atoms with Crippen LogP contribution in [0.3, 0.4) is 0 Å². The van der Waals surface area contributed by atoms with Crippen molar-refractivity contribution < 1.29 is 0 Å². The SMILES string of the molecule is Cc1cccnc1-n1c(C)cc([C@H]2[C@@H](c3ccccn3)NC(=S)N2Cc2cccnc2)c1C. The van der Waals surface area contributed by atoms with Gasteiger partial charge >= 0.3 is 0 Å². The highest BCUT2D eigenvalue weighted by Crippen LogP contribution is 2.42. The van der Waals surface area contributed by atoms with Gasteiger partial charge in [0.25, 0.3) is 0 Å². The van der Waals surface area contributed by atoms with Gasteiger partial charge in [-0.1, -0.05) is 18.2 Å². The van der Waals surface area contributed by atoms with Gasteiger partial charge in [-0.3, -0.25) is 9.97 Å². The molecule has 2 atom stereocenters. The van der Waals surface area contributed by atoms with E-state index in [0.717, 1.165) is 39.1 Å². The highest BCUT2D eigenvalue weighted by Gasteiger charge is 2.41. The number of hydrogen-bond acceptors (Lipinski definition) is 4. The van der Waals surface area contributed by atoms with E-state index in [0.29, 0.717) is 6.54 Å². The molecule has 5 heterocycles. The van der Waals surface area contributed by atoms with E-state index in [1.165, 1.54) is 5.56 Å². The average Bonchev–Trinajstić information content (AvgIpc) is 3.30. The van der Waals surface area contributed by atoms with E-state index >= 15 is 0 Å². The number of nitrogens with one attached hydrogen (secondary N) is 1. The minimum atomic E-state index is -0.0610. The van der Waals surface area contributed by atoms with Gasteiger partial charge in [-0.2, -0.15) is 0 Å². The van der Waals surface area contributed by atoms with Crippen LogP contribution < -0.4 is 5.32 Å². The monoisotopic (exact) mass is 454 g/mol. The van der Waals surface area contributed by atoms with Gasteiger partial charge in [-0.15, -0.1) is 0 Å². The topological polar surface area (TPSA) is 58.9 Å². The van der Waals surface area contributed by atoms with Gasteiger partial charge < -0.3 is 14.8 Å². The second-order valence-electron chi connectivity index (χ2n) is 8.42. The van der Waals surface area contributed by atoms with Gasteiger partial charge in [0.15, 0.2) is 5.11 Å². The molecular formula is C26H26N6S. The molecule has 0 radical (unpaired) electrons. The Morgan fingerprint density at radius 2 is 1.79 bits per heavy atom. The van der Waals surface area contributed by atoms with Crippen LogP contribution in [0.2, 0.25) is 0 Å². The van der Waals surface area contributed by atoms with Crippen molar-refractivity contribution in [2.24, 2.45) is 0 Å². The first kappa shape index (κ1) is 21.3. The fourth-order valence-corrected chi connectivity index (χ4v) is 5.03. The zero-order chi connectivity index (χ0) is 22.9. The summed E-state index contributed by atoms with van der Waals surface area (Å²) in [7, 11) is 0. The second-order valence-corrected chi connectivity index (χ2v) is 8.81. The van der Waals surface area contributed by atoms with Crippen LogP contribution in [-0.2, 0) is 6.54 Å². The van der Waals surface area contributed by atoms with Crippen molar-refractivity contribution in [2.45, 2.75) is 39.4 Å². The summed E-state index contributed by atoms with van der Waals surface area (Å²) in [6, 6.07) is 16.3. The Labute approximate surface area is 199 Å². The van der Waals surface area contributed by atoms with Crippen LogP contribution >= 0.6 is 12.2 Å². The lowest BCUT2D eigenvalue weighted by Gasteiger charge is -2.28. The van der Waals surface area contributed by atoms with Crippen molar-refractivity contribution in [3.05, 3.63) is 107 Å². The molecule has 4 aromatic heterocycles. The molecule has 1 fully saturated rings. The summed E-state index contributed by atoms with van der Waals surface area (Å²) in [6.45, 7) is 7.06. The molecule has 0 unspecified atom stereocenters. The summed E-state index contributed by atoms with van der Waals surface area (Å²) in [6.07, 6.45) is 7.37. The highest BCUT2D eigenvalue weighted by molar-refractivity contribution is 7.80. The first-order chi connectivity index (χ1) is 16.0. The van der Waals surface area contributed by atoms with Crippen molar-refractivity contribution in [3.8, 4) is 5.82 Å². The fourth-order valence-electron chi connectivity index (χ4n) is 4.73. The Bertz CT molecular complexity index is 1280. The number of nitrogens with zero attached hydrogens (tertiary/aromatic N) is 5. The van der Waals surface area contributed by atoms with Gasteiger partial charge in [0, 0.05) is 42.7 Å². The normalized spacial score (nSPS) is 17.9. The maximum atomic E-state index is 5.84. The summed E-state index contributed by atoms with van der Waals surface area (Å²) >= 11 is 5.84. The van der Waals surface area contributed by atoms with Crippen LogP contribution in [-0.4, -0.2) is 29.5 Å². The summed E-state index contributed by atoms with van der Waals surface area (Å²) < 4.78 is 2.24. The third-order valence-corrected chi connectivity index (χ3v) is 6.61. The lowest BCUT2D eigenvalue weighted by Crippen LogP contribution is -2.29. The number of aryl methyl sites for hydroxylation is 2. The summed E-state index contributed by atoms with van der Waals surface area (Å²) in [5, 5.41) is 4.27. The molecule has 6 nitrogen and oxygen atoms in total. The average molecular weight is 455 g/mol. The number of aromatic nitrogens is 4. The van der Waals surface area contributed by atoms with E-state index in [2.05, 4.69) is 74.8 Å². The fraction of sp³-hybridized carbons (Fsp3) is 0.231. The zero-order valence-corrected chi connectivity index (χ0v) is 19.8. The molecule has 4 aromatic rings. The van der Waals surface area contributed by atoms with Gasteiger partial charge in [0.1, 0.15) is 5.82 Å². The maximum absolute atomic E-state index is 5.84. The molecule has 0 bridgehead atoms. The van der Waals surface area contributed by atoms with Crippen molar-refractivity contribution in [2.75, 3.05) is 0 Å². The molecule has 5 rings (SSSR count). The lowest BCUT2D eigenvalue weighted by molar-refractivity contribution is 0.310. The molecule has 1 aliphatic rings. The molecule has 0 saturated carbocycles. The van der Waals surface area contributed by atoms with Gasteiger partial charge in [0.2, 0.25) is 0 Å². The van der Waals surface area contributed by atoms with Crippen LogP contribution in [0.4, 0.5) is 0 Å². The van der Waals surface area contributed by atoms with Crippen molar-refractivity contribution in [1.29, 1.82) is 0 Å². The number of rotatable bonds is 5. The molecule has 1 N–H and O–H groups in total. The van der Waals surface area contributed by atoms with Gasteiger partial charge in [0.05, 0.1) is 17.8 Å². The van der Waals surface area contributed by atoms with Crippen LogP contribution in [0.1, 0.15) is 45.9 Å². The number of hydrogen-bond donors (Lipinski definition) is 1. The number of pyridine rings is 3. The largest absolute Gasteiger partial charge is 0.352 e. The third-order valence-electron chi connectivity index (χ3n) is 6.26. The molecule has 1 aliphatic heterocycles. The minimum Gasteiger partial charge on any atom is -0.352 e. The van der Waals surface area contributed by atoms with Crippen molar-refractivity contribution in [3.63, 3.8) is 0 Å². The van der Waals surface area contributed by atoms with Crippen LogP contribution in [0.5, 0.6) is 0 Å². The van der Waals surface area contributed by atoms with Crippen molar-refractivity contribution in [1.82, 2.24) is 29.7 Å². The Kier molecular flexibility index (Phi) is 5.64. The quantitative estimate of drug-likeness (QED) is 0.439. The molecule has 1 saturated heterocycles. The second kappa shape index (κ2) is 8.75. The Hall–Kier alpha value is -3.58. The van der Waals surface area contributed by atoms with E-state index in [9.17, 15) is 0 Å². The van der Waals surface area contributed by atoms with Crippen LogP contribution in [0, 0.1) is 20.8 Å². The van der Waals surface area contributed by atoms with Gasteiger partial charge in [-0.05, 0) is 80.0 Å². The minimum absolute atomic E-state index is 0.0171. The highest BCUT2D eigenvalue weighted by atomic mass is 32.1. The van der Waals surface area contributed by atoms with Crippen molar-refractivity contribution >= 4 is 17.3 Å². The lowest BCUT2D eigenvalue weighted by atomic mass is 9.96. The summed E-state index contributed by atoms with van der Waals surface area (Å²) in [5.74, 6) is 0.959. The predicted octanol–water partition coefficient (Wildman–Crippen LogP) is 4.76. The first-order valence-corrected chi connectivity index (χ1v) is 11.4. The molecule has 0 spiro atoms. The standard InChI is InChI=1S/C26H26N6S/c1-17-8-6-13-29-25(17)32-18(2)14-21(19(32)3)24-23(22-10-4-5-12-28-22)30-26(33)31(24)16-20-9-7-11-27-15-20/h4-15,23-24H,16H2,1-3H3,(H,30,33)/t23-,24+/m1/s1. The Morgan fingerprint density at radius 1 is 0.970 bits per heavy atom. The molecule has 0 amide bonds. The number of thiocarbonyl (C=S) groups is 1. The zero-order valence-electron chi connectivity index (χ0n) is 18.9. The molecule has 0 aliphatic carbocycles. The van der Waals surface area contributed by atoms with Crippen LogP contribution in [0.25, 0.3) is 5.82 Å². The van der Waals surface area contributed by atoms with E-state index in [4.69, 9.17) is 12.2 Å². The maximum Gasteiger partial charge on any atom is 0.170 e. The van der Waals surface area contributed by atoms with E-state index in [1.807, 2.05) is 42.9 Å². The summed E-state index contributed by atoms with van der Waals surface area (Å²) in [5.41, 5.74) is 6.73.